The molecule has 0 spiro atoms. The molecule has 1 N–H and O–H groups in total. The highest BCUT2D eigenvalue weighted by Crippen LogP contribution is 2.24. The number of rotatable bonds is 8. The Kier molecular flexibility index (Phi) is 8.92. The maximum Gasteiger partial charge on any atom is 0.227 e. The molecule has 0 radical (unpaired) electrons. The summed E-state index contributed by atoms with van der Waals surface area (Å²) in [7, 11) is 0. The Labute approximate surface area is 149 Å². The topological polar surface area (TPSA) is 32.3 Å². The van der Waals surface area contributed by atoms with Crippen LogP contribution < -0.4 is 10.2 Å². The van der Waals surface area contributed by atoms with Gasteiger partial charge in [0, 0.05) is 19.0 Å². The minimum absolute atomic E-state index is 0. The van der Waals surface area contributed by atoms with Gasteiger partial charge in [0.05, 0.1) is 5.00 Å². The predicted molar refractivity (Wildman–Crippen MR) is 102 cm³/mol. The first-order valence-corrected chi connectivity index (χ1v) is 8.70. The van der Waals surface area contributed by atoms with Gasteiger partial charge < -0.3 is 5.32 Å². The predicted octanol–water partition coefficient (Wildman–Crippen LogP) is 4.13. The third-order valence-electron chi connectivity index (χ3n) is 3.63. The minimum atomic E-state index is 0. The van der Waals surface area contributed by atoms with Gasteiger partial charge in [0.25, 0.3) is 0 Å². The zero-order valence-electron chi connectivity index (χ0n) is 13.7. The fourth-order valence-electron chi connectivity index (χ4n) is 2.44. The number of hydrogen-bond donors (Lipinski definition) is 1. The van der Waals surface area contributed by atoms with E-state index in [9.17, 15) is 4.79 Å². The molecule has 0 aliphatic rings. The highest BCUT2D eigenvalue weighted by molar-refractivity contribution is 7.14. The van der Waals surface area contributed by atoms with Crippen LogP contribution in [0.1, 0.15) is 25.8 Å². The molecular weight excluding hydrogens is 328 g/mol. The number of nitrogens with one attached hydrogen (secondary N) is 1. The van der Waals surface area contributed by atoms with Crippen molar-refractivity contribution in [3.63, 3.8) is 0 Å². The molecule has 0 bridgehead atoms. The molecule has 23 heavy (non-hydrogen) atoms. The van der Waals surface area contributed by atoms with Crippen molar-refractivity contribution >= 4 is 34.7 Å². The molecule has 1 heterocycles. The summed E-state index contributed by atoms with van der Waals surface area (Å²) in [5.41, 5.74) is 1.34. The Morgan fingerprint density at radius 2 is 1.96 bits per heavy atom. The smallest absolute Gasteiger partial charge is 0.227 e. The van der Waals surface area contributed by atoms with Crippen LogP contribution in [-0.2, 0) is 11.2 Å². The lowest BCUT2D eigenvalue weighted by molar-refractivity contribution is -0.118. The summed E-state index contributed by atoms with van der Waals surface area (Å²) < 4.78 is 0. The number of hydrogen-bond acceptors (Lipinski definition) is 3. The van der Waals surface area contributed by atoms with Crippen molar-refractivity contribution in [3.05, 3.63) is 53.4 Å². The minimum Gasteiger partial charge on any atom is -0.314 e. The van der Waals surface area contributed by atoms with Crippen LogP contribution in [0.4, 0.5) is 5.00 Å². The van der Waals surface area contributed by atoms with Crippen LogP contribution in [0.2, 0.25) is 0 Å². The second kappa shape index (κ2) is 10.4. The van der Waals surface area contributed by atoms with Gasteiger partial charge in [0.1, 0.15) is 0 Å². The fraction of sp³-hybridized carbons (Fsp3) is 0.389. The lowest BCUT2D eigenvalue weighted by atomic mass is 10.1. The Balaban J connectivity index is 0.00000264. The average molecular weight is 353 g/mol. The molecule has 0 aliphatic heterocycles. The van der Waals surface area contributed by atoms with E-state index in [1.54, 1.807) is 11.3 Å². The average Bonchev–Trinajstić information content (AvgIpc) is 3.06. The second-order valence-corrected chi connectivity index (χ2v) is 6.28. The van der Waals surface area contributed by atoms with E-state index in [4.69, 9.17) is 0 Å². The van der Waals surface area contributed by atoms with Crippen LogP contribution in [0.15, 0.2) is 47.8 Å². The number of halogens is 1. The van der Waals surface area contributed by atoms with Gasteiger partial charge in [-0.05, 0) is 43.0 Å². The summed E-state index contributed by atoms with van der Waals surface area (Å²) in [6, 6.07) is 14.6. The van der Waals surface area contributed by atoms with Crippen LogP contribution >= 0.6 is 23.7 Å². The lowest BCUT2D eigenvalue weighted by Crippen LogP contribution is -2.44. The van der Waals surface area contributed by atoms with Crippen molar-refractivity contribution in [2.45, 2.75) is 32.7 Å². The summed E-state index contributed by atoms with van der Waals surface area (Å²) in [5, 5.41) is 6.51. The van der Waals surface area contributed by atoms with Crippen molar-refractivity contribution in [2.75, 3.05) is 18.0 Å². The van der Waals surface area contributed by atoms with Crippen molar-refractivity contribution in [2.24, 2.45) is 0 Å². The summed E-state index contributed by atoms with van der Waals surface area (Å²) in [5.74, 6) is 0.180. The number of carbonyl (C=O) groups excluding carboxylic acids is 1. The molecule has 2 rings (SSSR count). The van der Waals surface area contributed by atoms with E-state index in [1.807, 2.05) is 35.4 Å². The quantitative estimate of drug-likeness (QED) is 0.724. The number of thiophene rings is 1. The molecule has 126 valence electrons. The highest BCUT2D eigenvalue weighted by atomic mass is 35.5. The number of benzene rings is 1. The molecule has 0 saturated carbocycles. The van der Waals surface area contributed by atoms with Gasteiger partial charge in [0.2, 0.25) is 5.91 Å². The zero-order valence-corrected chi connectivity index (χ0v) is 15.3. The van der Waals surface area contributed by atoms with Gasteiger partial charge in [-0.1, -0.05) is 37.3 Å². The van der Waals surface area contributed by atoms with E-state index >= 15 is 0 Å². The summed E-state index contributed by atoms with van der Waals surface area (Å²) in [4.78, 5) is 14.1. The van der Waals surface area contributed by atoms with Crippen molar-refractivity contribution in [1.29, 1.82) is 0 Å². The first kappa shape index (κ1) is 19.7. The van der Waals surface area contributed by atoms with Crippen molar-refractivity contribution < 1.29 is 4.79 Å². The van der Waals surface area contributed by atoms with Crippen molar-refractivity contribution in [1.82, 2.24) is 5.32 Å². The van der Waals surface area contributed by atoms with Crippen LogP contribution in [-0.4, -0.2) is 25.0 Å². The SMILES string of the molecule is CCC(=O)N(c1cccs1)C(C)CNCCc1ccccc1.Cl. The molecule has 1 aromatic carbocycles. The van der Waals surface area contributed by atoms with Gasteiger partial charge in [-0.2, -0.15) is 0 Å². The van der Waals surface area contributed by atoms with Gasteiger partial charge in [-0.15, -0.1) is 23.7 Å². The van der Waals surface area contributed by atoms with Crippen LogP contribution in [0, 0.1) is 0 Å². The van der Waals surface area contributed by atoms with Gasteiger partial charge in [-0.25, -0.2) is 0 Å². The van der Waals surface area contributed by atoms with Crippen LogP contribution in [0.3, 0.4) is 0 Å². The molecule has 0 fully saturated rings. The van der Waals surface area contributed by atoms with E-state index in [-0.39, 0.29) is 24.4 Å². The largest absolute Gasteiger partial charge is 0.314 e. The van der Waals surface area contributed by atoms with Gasteiger partial charge >= 0.3 is 0 Å². The number of nitrogens with zero attached hydrogens (tertiary/aromatic N) is 1. The normalized spacial score (nSPS) is 11.6. The molecule has 0 aliphatic carbocycles. The van der Waals surface area contributed by atoms with Crippen LogP contribution in [0.5, 0.6) is 0 Å². The third-order valence-corrected chi connectivity index (χ3v) is 4.50. The Morgan fingerprint density at radius 1 is 1.22 bits per heavy atom. The number of amides is 1. The lowest BCUT2D eigenvalue weighted by Gasteiger charge is -2.28. The first-order chi connectivity index (χ1) is 10.7. The molecule has 0 saturated heterocycles. The first-order valence-electron chi connectivity index (χ1n) is 7.82. The van der Waals surface area contributed by atoms with E-state index in [0.29, 0.717) is 6.42 Å². The molecule has 1 amide bonds. The van der Waals surface area contributed by atoms with E-state index in [0.717, 1.165) is 24.5 Å². The van der Waals surface area contributed by atoms with Crippen LogP contribution in [0.25, 0.3) is 0 Å². The maximum atomic E-state index is 12.2. The third kappa shape index (κ3) is 5.98. The van der Waals surface area contributed by atoms with E-state index < -0.39 is 0 Å². The van der Waals surface area contributed by atoms with E-state index in [1.165, 1.54) is 5.56 Å². The summed E-state index contributed by atoms with van der Waals surface area (Å²) in [6.45, 7) is 5.74. The fourth-order valence-corrected chi connectivity index (χ4v) is 3.29. The number of carbonyl (C=O) groups is 1. The van der Waals surface area contributed by atoms with Crippen molar-refractivity contribution in [3.8, 4) is 0 Å². The Bertz CT molecular complexity index is 560. The van der Waals surface area contributed by atoms with E-state index in [2.05, 4.69) is 36.5 Å². The molecule has 1 atom stereocenters. The molecular formula is C18H25ClN2OS. The summed E-state index contributed by atoms with van der Waals surface area (Å²) in [6.07, 6.45) is 1.54. The standard InChI is InChI=1S/C18H24N2OS.ClH/c1-3-17(21)20(18-10-7-13-22-18)15(2)14-19-12-11-16-8-5-4-6-9-16;/h4-10,13,15,19H,3,11-12,14H2,1-2H3;1H. The Morgan fingerprint density at radius 3 is 2.57 bits per heavy atom. The maximum absolute atomic E-state index is 12.2. The monoisotopic (exact) mass is 352 g/mol. The molecule has 5 heteroatoms. The zero-order chi connectivity index (χ0) is 15.8. The molecule has 3 nitrogen and oxygen atoms in total. The Hall–Kier alpha value is -1.36. The number of anilines is 1. The molecule has 2 aromatic rings. The summed E-state index contributed by atoms with van der Waals surface area (Å²) >= 11 is 1.62. The molecule has 1 unspecified atom stereocenters. The van der Waals surface area contributed by atoms with Gasteiger partial charge in [-0.3, -0.25) is 9.69 Å². The second-order valence-electron chi connectivity index (χ2n) is 5.36. The van der Waals surface area contributed by atoms with Gasteiger partial charge in [0.15, 0.2) is 0 Å². The highest BCUT2D eigenvalue weighted by Gasteiger charge is 2.20. The molecule has 1 aromatic heterocycles.